The standard InChI is InChI=1S/C9H19NO.C3H8/c1-6-8(11)7-10(5)9(2,3)4;1-3-2/h6-7H2,1-5H3;3H2,1-2H3. The van der Waals surface area contributed by atoms with Gasteiger partial charge in [0, 0.05) is 12.0 Å². The van der Waals surface area contributed by atoms with Gasteiger partial charge < -0.3 is 0 Å². The molecule has 86 valence electrons. The molecule has 0 atom stereocenters. The molecule has 0 amide bonds. The van der Waals surface area contributed by atoms with Crippen LogP contribution in [0.15, 0.2) is 0 Å². The lowest BCUT2D eigenvalue weighted by molar-refractivity contribution is -0.120. The van der Waals surface area contributed by atoms with Crippen molar-refractivity contribution in [2.24, 2.45) is 0 Å². The highest BCUT2D eigenvalue weighted by atomic mass is 16.1. The highest BCUT2D eigenvalue weighted by molar-refractivity contribution is 5.80. The van der Waals surface area contributed by atoms with Crippen molar-refractivity contribution < 1.29 is 4.79 Å². The third-order valence-corrected chi connectivity index (χ3v) is 1.95. The number of carbonyl (C=O) groups excluding carboxylic acids is 1. The Hall–Kier alpha value is -0.370. The molecule has 0 spiro atoms. The smallest absolute Gasteiger partial charge is 0.146 e. The van der Waals surface area contributed by atoms with Crippen molar-refractivity contribution in [3.63, 3.8) is 0 Å². The topological polar surface area (TPSA) is 20.3 Å². The van der Waals surface area contributed by atoms with Gasteiger partial charge >= 0.3 is 0 Å². The summed E-state index contributed by atoms with van der Waals surface area (Å²) in [6.07, 6.45) is 1.89. The average Bonchev–Trinajstić information content (AvgIpc) is 2.03. The maximum absolute atomic E-state index is 11.0. The Kier molecular flexibility index (Phi) is 9.16. The van der Waals surface area contributed by atoms with Crippen LogP contribution in [0, 0.1) is 0 Å². The molecule has 0 heterocycles. The number of nitrogens with zero attached hydrogens (tertiary/aromatic N) is 1. The number of hydrogen-bond acceptors (Lipinski definition) is 2. The summed E-state index contributed by atoms with van der Waals surface area (Å²) < 4.78 is 0. The van der Waals surface area contributed by atoms with Gasteiger partial charge in [0.25, 0.3) is 0 Å². The predicted molar refractivity (Wildman–Crippen MR) is 63.6 cm³/mol. The lowest BCUT2D eigenvalue weighted by atomic mass is 10.1. The molecular weight excluding hydrogens is 174 g/mol. The second kappa shape index (κ2) is 7.98. The molecule has 0 aliphatic rings. The average molecular weight is 201 g/mol. The van der Waals surface area contributed by atoms with Gasteiger partial charge in [0.15, 0.2) is 0 Å². The zero-order valence-corrected chi connectivity index (χ0v) is 11.0. The van der Waals surface area contributed by atoms with Crippen LogP contribution in [0.3, 0.4) is 0 Å². The fraction of sp³-hybridized carbons (Fsp3) is 0.917. The summed E-state index contributed by atoms with van der Waals surface area (Å²) in [5.41, 5.74) is 0.102. The van der Waals surface area contributed by atoms with E-state index in [4.69, 9.17) is 0 Å². The fourth-order valence-electron chi connectivity index (χ4n) is 0.614. The van der Waals surface area contributed by atoms with Gasteiger partial charge in [0.2, 0.25) is 0 Å². The zero-order valence-electron chi connectivity index (χ0n) is 11.0. The van der Waals surface area contributed by atoms with Crippen LogP contribution in [0.25, 0.3) is 0 Å². The Morgan fingerprint density at radius 3 is 1.71 bits per heavy atom. The Labute approximate surface area is 89.7 Å². The third kappa shape index (κ3) is 9.72. The van der Waals surface area contributed by atoms with Crippen LogP contribution in [-0.4, -0.2) is 29.8 Å². The normalized spacial score (nSPS) is 10.9. The van der Waals surface area contributed by atoms with Gasteiger partial charge in [0.05, 0.1) is 6.54 Å². The minimum absolute atomic E-state index is 0.102. The second-order valence-corrected chi connectivity index (χ2v) is 4.63. The lowest BCUT2D eigenvalue weighted by Crippen LogP contribution is -2.41. The number of ketones is 1. The van der Waals surface area contributed by atoms with Crippen molar-refractivity contribution in [1.29, 1.82) is 0 Å². The first kappa shape index (κ1) is 16.1. The molecule has 0 bridgehead atoms. The van der Waals surface area contributed by atoms with Crippen LogP contribution in [0.4, 0.5) is 0 Å². The Bertz CT molecular complexity index is 147. The molecule has 0 saturated carbocycles. The van der Waals surface area contributed by atoms with Crippen LogP contribution in [0.5, 0.6) is 0 Å². The summed E-state index contributed by atoms with van der Waals surface area (Å²) in [4.78, 5) is 13.1. The first-order chi connectivity index (χ1) is 6.29. The second-order valence-electron chi connectivity index (χ2n) is 4.63. The van der Waals surface area contributed by atoms with Crippen LogP contribution in [0.2, 0.25) is 0 Å². The Morgan fingerprint density at radius 2 is 1.50 bits per heavy atom. The quantitative estimate of drug-likeness (QED) is 0.699. The van der Waals surface area contributed by atoms with Crippen molar-refractivity contribution in [3.05, 3.63) is 0 Å². The number of hydrogen-bond donors (Lipinski definition) is 0. The van der Waals surface area contributed by atoms with Gasteiger partial charge in [-0.15, -0.1) is 0 Å². The van der Waals surface area contributed by atoms with Gasteiger partial charge in [-0.05, 0) is 27.8 Å². The summed E-state index contributed by atoms with van der Waals surface area (Å²) in [5, 5.41) is 0. The first-order valence-corrected chi connectivity index (χ1v) is 5.52. The van der Waals surface area contributed by atoms with Crippen molar-refractivity contribution in [1.82, 2.24) is 4.90 Å². The molecule has 0 saturated heterocycles. The first-order valence-electron chi connectivity index (χ1n) is 5.52. The van der Waals surface area contributed by atoms with E-state index in [9.17, 15) is 4.79 Å². The van der Waals surface area contributed by atoms with Gasteiger partial charge in [0.1, 0.15) is 5.78 Å². The van der Waals surface area contributed by atoms with Gasteiger partial charge in [-0.25, -0.2) is 0 Å². The highest BCUT2D eigenvalue weighted by Crippen LogP contribution is 2.09. The van der Waals surface area contributed by atoms with E-state index < -0.39 is 0 Å². The summed E-state index contributed by atoms with van der Waals surface area (Å²) in [6, 6.07) is 0. The molecule has 0 aromatic rings. The number of rotatable bonds is 3. The number of carbonyl (C=O) groups is 1. The predicted octanol–water partition coefficient (Wildman–Crippen LogP) is 3.11. The zero-order chi connectivity index (χ0) is 11.8. The van der Waals surface area contributed by atoms with E-state index in [0.717, 1.165) is 0 Å². The summed E-state index contributed by atoms with van der Waals surface area (Å²) >= 11 is 0. The molecule has 0 aliphatic carbocycles. The fourth-order valence-corrected chi connectivity index (χ4v) is 0.614. The molecule has 0 rings (SSSR count). The maximum atomic E-state index is 11.0. The van der Waals surface area contributed by atoms with E-state index in [-0.39, 0.29) is 5.54 Å². The van der Waals surface area contributed by atoms with Gasteiger partial charge in [-0.3, -0.25) is 9.69 Å². The van der Waals surface area contributed by atoms with Crippen molar-refractivity contribution in [3.8, 4) is 0 Å². The number of likely N-dealkylation sites (N-methyl/N-ethyl adjacent to an activating group) is 1. The summed E-state index contributed by atoms with van der Waals surface area (Å²) in [7, 11) is 1.98. The van der Waals surface area contributed by atoms with E-state index in [1.54, 1.807) is 0 Å². The van der Waals surface area contributed by atoms with E-state index in [0.29, 0.717) is 18.7 Å². The molecular formula is C12H27NO. The molecule has 0 N–H and O–H groups in total. The molecule has 0 aromatic carbocycles. The molecule has 14 heavy (non-hydrogen) atoms. The van der Waals surface area contributed by atoms with Crippen molar-refractivity contribution in [2.75, 3.05) is 13.6 Å². The monoisotopic (exact) mass is 201 g/mol. The highest BCUT2D eigenvalue weighted by Gasteiger charge is 2.18. The largest absolute Gasteiger partial charge is 0.298 e. The van der Waals surface area contributed by atoms with Crippen LogP contribution in [0.1, 0.15) is 54.4 Å². The molecule has 0 aliphatic heterocycles. The third-order valence-electron chi connectivity index (χ3n) is 1.95. The van der Waals surface area contributed by atoms with Gasteiger partial charge in [-0.1, -0.05) is 27.2 Å². The van der Waals surface area contributed by atoms with E-state index in [2.05, 4.69) is 39.5 Å². The molecule has 2 heteroatoms. The SMILES string of the molecule is CCC.CCC(=O)CN(C)C(C)(C)C. The molecule has 0 radical (unpaired) electrons. The molecule has 0 fully saturated rings. The summed E-state index contributed by atoms with van der Waals surface area (Å²) in [5.74, 6) is 0.308. The Balaban J connectivity index is 0. The van der Waals surface area contributed by atoms with Crippen LogP contribution >= 0.6 is 0 Å². The maximum Gasteiger partial charge on any atom is 0.146 e. The van der Waals surface area contributed by atoms with Crippen molar-refractivity contribution in [2.45, 2.75) is 59.9 Å². The van der Waals surface area contributed by atoms with Crippen LogP contribution in [-0.2, 0) is 4.79 Å². The summed E-state index contributed by atoms with van der Waals surface area (Å²) in [6.45, 7) is 13.0. The van der Waals surface area contributed by atoms with Gasteiger partial charge in [-0.2, -0.15) is 0 Å². The minimum atomic E-state index is 0.102. The van der Waals surface area contributed by atoms with E-state index >= 15 is 0 Å². The lowest BCUT2D eigenvalue weighted by Gasteiger charge is -2.31. The molecule has 0 aromatic heterocycles. The minimum Gasteiger partial charge on any atom is -0.298 e. The van der Waals surface area contributed by atoms with Crippen molar-refractivity contribution >= 4 is 5.78 Å². The Morgan fingerprint density at radius 1 is 1.14 bits per heavy atom. The molecule has 0 unspecified atom stereocenters. The van der Waals surface area contributed by atoms with E-state index in [1.165, 1.54) is 6.42 Å². The van der Waals surface area contributed by atoms with E-state index in [1.807, 2.05) is 14.0 Å². The molecule has 2 nitrogen and oxygen atoms in total. The number of Topliss-reactive ketones (excluding diaryl/α,β-unsaturated/α-hetero) is 1. The van der Waals surface area contributed by atoms with Crippen LogP contribution < -0.4 is 0 Å².